The van der Waals surface area contributed by atoms with Gasteiger partial charge in [-0.2, -0.15) is 0 Å². The summed E-state index contributed by atoms with van der Waals surface area (Å²) in [5.74, 6) is 0.680. The maximum atomic E-state index is 5.92. The zero-order valence-electron chi connectivity index (χ0n) is 8.66. The van der Waals surface area contributed by atoms with Gasteiger partial charge in [0.1, 0.15) is 11.5 Å². The van der Waals surface area contributed by atoms with Gasteiger partial charge in [-0.3, -0.25) is 0 Å². The van der Waals surface area contributed by atoms with E-state index in [0.29, 0.717) is 5.82 Å². The van der Waals surface area contributed by atoms with Gasteiger partial charge in [0, 0.05) is 17.1 Å². The standard InChI is InChI=1S/C11H12BrN3/c1-7-3-4-8(9(12)5-7)10-11(13)15(2)6-14-10/h3-6H,13H2,1-2H3. The zero-order chi connectivity index (χ0) is 11.0. The molecule has 4 heteroatoms. The predicted molar refractivity (Wildman–Crippen MR) is 65.5 cm³/mol. The van der Waals surface area contributed by atoms with Gasteiger partial charge < -0.3 is 10.3 Å². The minimum atomic E-state index is 0.680. The smallest absolute Gasteiger partial charge is 0.131 e. The summed E-state index contributed by atoms with van der Waals surface area (Å²) in [5.41, 5.74) is 8.98. The Morgan fingerprint density at radius 3 is 2.67 bits per heavy atom. The lowest BCUT2D eigenvalue weighted by atomic mass is 10.1. The van der Waals surface area contributed by atoms with E-state index in [1.165, 1.54) is 5.56 Å². The van der Waals surface area contributed by atoms with Gasteiger partial charge >= 0.3 is 0 Å². The molecule has 0 fully saturated rings. The van der Waals surface area contributed by atoms with Crippen LogP contribution in [-0.2, 0) is 7.05 Å². The zero-order valence-corrected chi connectivity index (χ0v) is 10.2. The molecular formula is C11H12BrN3. The van der Waals surface area contributed by atoms with Crippen LogP contribution >= 0.6 is 15.9 Å². The number of benzene rings is 1. The molecule has 0 saturated carbocycles. The van der Waals surface area contributed by atoms with Crippen molar-refractivity contribution < 1.29 is 0 Å². The van der Waals surface area contributed by atoms with Crippen LogP contribution in [-0.4, -0.2) is 9.55 Å². The Morgan fingerprint density at radius 1 is 1.40 bits per heavy atom. The van der Waals surface area contributed by atoms with Crippen molar-refractivity contribution in [2.75, 3.05) is 5.73 Å². The van der Waals surface area contributed by atoms with Crippen LogP contribution in [0, 0.1) is 6.92 Å². The third-order valence-corrected chi connectivity index (χ3v) is 3.02. The first-order valence-corrected chi connectivity index (χ1v) is 5.42. The molecule has 0 saturated heterocycles. The topological polar surface area (TPSA) is 43.8 Å². The molecule has 1 aromatic heterocycles. The number of rotatable bonds is 1. The molecular weight excluding hydrogens is 254 g/mol. The van der Waals surface area contributed by atoms with E-state index in [4.69, 9.17) is 5.73 Å². The van der Waals surface area contributed by atoms with Crippen molar-refractivity contribution in [2.24, 2.45) is 7.05 Å². The van der Waals surface area contributed by atoms with Crippen LogP contribution in [0.5, 0.6) is 0 Å². The van der Waals surface area contributed by atoms with Crippen molar-refractivity contribution in [3.63, 3.8) is 0 Å². The number of halogens is 1. The lowest BCUT2D eigenvalue weighted by molar-refractivity contribution is 0.925. The number of nitrogens with zero attached hydrogens (tertiary/aromatic N) is 2. The first-order valence-electron chi connectivity index (χ1n) is 4.63. The van der Waals surface area contributed by atoms with Crippen LogP contribution in [0.3, 0.4) is 0 Å². The number of aryl methyl sites for hydroxylation is 2. The summed E-state index contributed by atoms with van der Waals surface area (Å²) in [5, 5.41) is 0. The number of anilines is 1. The van der Waals surface area contributed by atoms with Gasteiger partial charge in [-0.1, -0.05) is 28.1 Å². The van der Waals surface area contributed by atoms with Crippen LogP contribution in [0.25, 0.3) is 11.3 Å². The van der Waals surface area contributed by atoms with Crippen LogP contribution in [0.2, 0.25) is 0 Å². The van der Waals surface area contributed by atoms with Crippen molar-refractivity contribution in [1.29, 1.82) is 0 Å². The first kappa shape index (κ1) is 10.2. The molecule has 78 valence electrons. The molecule has 2 N–H and O–H groups in total. The van der Waals surface area contributed by atoms with Crippen LogP contribution in [0.4, 0.5) is 5.82 Å². The summed E-state index contributed by atoms with van der Waals surface area (Å²) in [7, 11) is 1.88. The first-order chi connectivity index (χ1) is 7.09. The van der Waals surface area contributed by atoms with Crippen molar-refractivity contribution >= 4 is 21.7 Å². The molecule has 0 aliphatic rings. The molecule has 0 spiro atoms. The summed E-state index contributed by atoms with van der Waals surface area (Å²) in [6.45, 7) is 2.05. The van der Waals surface area contributed by atoms with E-state index in [2.05, 4.69) is 33.9 Å². The summed E-state index contributed by atoms with van der Waals surface area (Å²) in [4.78, 5) is 4.28. The molecule has 0 radical (unpaired) electrons. The fourth-order valence-corrected chi connectivity index (χ4v) is 2.14. The van der Waals surface area contributed by atoms with Gasteiger partial charge in [-0.15, -0.1) is 0 Å². The fourth-order valence-electron chi connectivity index (χ4n) is 1.46. The second kappa shape index (κ2) is 3.70. The number of nitrogen functional groups attached to an aromatic ring is 1. The van der Waals surface area contributed by atoms with E-state index in [1.807, 2.05) is 23.7 Å². The summed E-state index contributed by atoms with van der Waals surface area (Å²) in [6.07, 6.45) is 1.72. The lowest BCUT2D eigenvalue weighted by Gasteiger charge is -2.04. The van der Waals surface area contributed by atoms with E-state index >= 15 is 0 Å². The highest BCUT2D eigenvalue weighted by atomic mass is 79.9. The number of hydrogen-bond acceptors (Lipinski definition) is 2. The Kier molecular flexibility index (Phi) is 2.52. The van der Waals surface area contributed by atoms with Gasteiger partial charge in [0.25, 0.3) is 0 Å². The van der Waals surface area contributed by atoms with Crippen molar-refractivity contribution in [2.45, 2.75) is 6.92 Å². The third kappa shape index (κ3) is 1.77. The fraction of sp³-hybridized carbons (Fsp3) is 0.182. The minimum absolute atomic E-state index is 0.680. The molecule has 3 nitrogen and oxygen atoms in total. The second-order valence-electron chi connectivity index (χ2n) is 3.57. The largest absolute Gasteiger partial charge is 0.383 e. The molecule has 15 heavy (non-hydrogen) atoms. The quantitative estimate of drug-likeness (QED) is 0.862. The number of nitrogens with two attached hydrogens (primary N) is 1. The average molecular weight is 266 g/mol. The highest BCUT2D eigenvalue weighted by Gasteiger charge is 2.10. The number of aromatic nitrogens is 2. The molecule has 1 aromatic carbocycles. The SMILES string of the molecule is Cc1ccc(-c2ncn(C)c2N)c(Br)c1. The molecule has 0 amide bonds. The third-order valence-electron chi connectivity index (χ3n) is 2.36. The summed E-state index contributed by atoms with van der Waals surface area (Å²) in [6, 6.07) is 6.13. The van der Waals surface area contributed by atoms with Crippen molar-refractivity contribution in [1.82, 2.24) is 9.55 Å². The average Bonchev–Trinajstić information content (AvgIpc) is 2.49. The Morgan fingerprint density at radius 2 is 2.13 bits per heavy atom. The molecule has 0 bridgehead atoms. The Hall–Kier alpha value is -1.29. The van der Waals surface area contributed by atoms with E-state index in [9.17, 15) is 0 Å². The Bertz CT molecular complexity index is 503. The Labute approximate surface area is 97.1 Å². The molecule has 1 heterocycles. The highest BCUT2D eigenvalue weighted by molar-refractivity contribution is 9.10. The monoisotopic (exact) mass is 265 g/mol. The van der Waals surface area contributed by atoms with Crippen LogP contribution < -0.4 is 5.73 Å². The molecule has 2 rings (SSSR count). The summed E-state index contributed by atoms with van der Waals surface area (Å²) >= 11 is 3.52. The molecule has 0 unspecified atom stereocenters. The predicted octanol–water partition coefficient (Wildman–Crippen LogP) is 2.74. The van der Waals surface area contributed by atoms with E-state index < -0.39 is 0 Å². The Balaban J connectivity index is 2.59. The molecule has 0 aliphatic heterocycles. The van der Waals surface area contributed by atoms with Crippen LogP contribution in [0.1, 0.15) is 5.56 Å². The highest BCUT2D eigenvalue weighted by Crippen LogP contribution is 2.31. The van der Waals surface area contributed by atoms with Gasteiger partial charge in [0.05, 0.1) is 6.33 Å². The maximum Gasteiger partial charge on any atom is 0.131 e. The van der Waals surface area contributed by atoms with Crippen molar-refractivity contribution in [3.8, 4) is 11.3 Å². The van der Waals surface area contributed by atoms with Gasteiger partial charge in [-0.25, -0.2) is 4.98 Å². The van der Waals surface area contributed by atoms with Gasteiger partial charge in [-0.05, 0) is 18.6 Å². The van der Waals surface area contributed by atoms with Crippen molar-refractivity contribution in [3.05, 3.63) is 34.6 Å². The maximum absolute atomic E-state index is 5.92. The van der Waals surface area contributed by atoms with E-state index in [0.717, 1.165) is 15.7 Å². The minimum Gasteiger partial charge on any atom is -0.383 e. The van der Waals surface area contributed by atoms with E-state index in [-0.39, 0.29) is 0 Å². The number of imidazole rings is 1. The van der Waals surface area contributed by atoms with Gasteiger partial charge in [0.2, 0.25) is 0 Å². The normalized spacial score (nSPS) is 10.6. The second-order valence-corrected chi connectivity index (χ2v) is 4.43. The summed E-state index contributed by atoms with van der Waals surface area (Å²) < 4.78 is 2.83. The lowest BCUT2D eigenvalue weighted by Crippen LogP contribution is -1.96. The molecule has 0 atom stereocenters. The van der Waals surface area contributed by atoms with Gasteiger partial charge in [0.15, 0.2) is 0 Å². The van der Waals surface area contributed by atoms with Crippen LogP contribution in [0.15, 0.2) is 29.0 Å². The molecule has 0 aliphatic carbocycles. The molecule has 2 aromatic rings. The number of hydrogen-bond donors (Lipinski definition) is 1. The van der Waals surface area contributed by atoms with E-state index in [1.54, 1.807) is 6.33 Å².